The summed E-state index contributed by atoms with van der Waals surface area (Å²) in [6.07, 6.45) is 11.4. The van der Waals surface area contributed by atoms with Crippen LogP contribution in [0.3, 0.4) is 0 Å². The van der Waals surface area contributed by atoms with Crippen molar-refractivity contribution in [2.45, 2.75) is 37.7 Å². The van der Waals surface area contributed by atoms with Gasteiger partial charge >= 0.3 is 0 Å². The van der Waals surface area contributed by atoms with Crippen LogP contribution in [0.1, 0.15) is 59.2 Å². The number of hydrogen-bond donors (Lipinski definition) is 0. The van der Waals surface area contributed by atoms with E-state index in [9.17, 15) is 0 Å². The molecule has 1 atom stereocenters. The third-order valence-electron chi connectivity index (χ3n) is 10.9. The van der Waals surface area contributed by atoms with Gasteiger partial charge in [-0.15, -0.1) is 0 Å². The predicted octanol–water partition coefficient (Wildman–Crippen LogP) is 9.30. The fourth-order valence-electron chi connectivity index (χ4n) is 8.43. The van der Waals surface area contributed by atoms with Gasteiger partial charge in [0.1, 0.15) is 11.5 Å². The molecule has 0 amide bonds. The van der Waals surface area contributed by atoms with Crippen LogP contribution in [0.2, 0.25) is 0 Å². The molecule has 0 N–H and O–H groups in total. The molecular formula is C43H39NO3. The van der Waals surface area contributed by atoms with Crippen LogP contribution >= 0.6 is 0 Å². The minimum atomic E-state index is -0.823. The summed E-state index contributed by atoms with van der Waals surface area (Å²) in [4.78, 5) is 2.40. The van der Waals surface area contributed by atoms with E-state index in [0.717, 1.165) is 72.7 Å². The average Bonchev–Trinajstić information content (AvgIpc) is 3.38. The first-order chi connectivity index (χ1) is 23.0. The van der Waals surface area contributed by atoms with Crippen molar-refractivity contribution in [3.05, 3.63) is 136 Å². The molecule has 2 heterocycles. The Morgan fingerprint density at radius 1 is 0.809 bits per heavy atom. The molecule has 2 aliphatic heterocycles. The van der Waals surface area contributed by atoms with Crippen LogP contribution < -0.4 is 14.4 Å². The van der Waals surface area contributed by atoms with Crippen LogP contribution in [0.15, 0.2) is 97.1 Å². The van der Waals surface area contributed by atoms with Gasteiger partial charge in [0.05, 0.1) is 20.3 Å². The molecule has 5 aromatic carbocycles. The number of fused-ring (bicyclic) bond motifs is 9. The Kier molecular flexibility index (Phi) is 6.42. The second-order valence-electron chi connectivity index (χ2n) is 13.7. The highest BCUT2D eigenvalue weighted by Gasteiger charge is 2.44. The number of anilines is 1. The number of morpholine rings is 1. The Balaban J connectivity index is 1.29. The molecule has 4 heteroatoms. The molecule has 47 heavy (non-hydrogen) atoms. The molecule has 5 aromatic rings. The summed E-state index contributed by atoms with van der Waals surface area (Å²) in [5.74, 6) is 1.73. The zero-order valence-electron chi connectivity index (χ0n) is 27.3. The van der Waals surface area contributed by atoms with Crippen molar-refractivity contribution in [3.8, 4) is 22.6 Å². The van der Waals surface area contributed by atoms with E-state index in [0.29, 0.717) is 0 Å². The molecule has 0 radical (unpaired) electrons. The van der Waals surface area contributed by atoms with Gasteiger partial charge in [-0.1, -0.05) is 80.6 Å². The fourth-order valence-corrected chi connectivity index (χ4v) is 8.43. The second kappa shape index (κ2) is 10.6. The van der Waals surface area contributed by atoms with E-state index < -0.39 is 5.60 Å². The van der Waals surface area contributed by atoms with Gasteiger partial charge in [-0.05, 0) is 94.1 Å². The molecule has 0 spiro atoms. The minimum Gasteiger partial charge on any atom is -0.497 e. The van der Waals surface area contributed by atoms with Gasteiger partial charge in [-0.25, -0.2) is 0 Å². The van der Waals surface area contributed by atoms with Gasteiger partial charge in [-0.2, -0.15) is 0 Å². The smallest absolute Gasteiger partial charge is 0.178 e. The fraction of sp³-hybridized carbons (Fsp3) is 0.256. The van der Waals surface area contributed by atoms with Crippen molar-refractivity contribution in [3.63, 3.8) is 0 Å². The summed E-state index contributed by atoms with van der Waals surface area (Å²) < 4.78 is 19.0. The zero-order chi connectivity index (χ0) is 31.8. The Bertz CT molecular complexity index is 2120. The molecule has 234 valence electrons. The van der Waals surface area contributed by atoms with E-state index in [1.165, 1.54) is 44.5 Å². The maximum absolute atomic E-state index is 7.60. The van der Waals surface area contributed by atoms with E-state index in [1.807, 2.05) is 0 Å². The molecule has 4 aliphatic rings. The van der Waals surface area contributed by atoms with Crippen LogP contribution in [0.25, 0.3) is 34.1 Å². The average molecular weight is 618 g/mol. The lowest BCUT2D eigenvalue weighted by Crippen LogP contribution is -2.37. The Morgan fingerprint density at radius 3 is 2.45 bits per heavy atom. The SMILES string of the molecule is COc1ccc2c3c(c4c(c2c1)OC(c1ccc(N2CCOCC2)cc1)(c1ccc2c(c1)C=CCC2)C=C4)C(C)(C)c1ccccc1-3. The van der Waals surface area contributed by atoms with Crippen LogP contribution in [0, 0.1) is 0 Å². The van der Waals surface area contributed by atoms with E-state index in [-0.39, 0.29) is 5.41 Å². The summed E-state index contributed by atoms with van der Waals surface area (Å²) in [6, 6.07) is 31.2. The Hall–Kier alpha value is -4.80. The van der Waals surface area contributed by atoms with Gasteiger partial charge in [-0.3, -0.25) is 0 Å². The van der Waals surface area contributed by atoms with Crippen molar-refractivity contribution in [2.75, 3.05) is 38.3 Å². The first-order valence-electron chi connectivity index (χ1n) is 16.9. The van der Waals surface area contributed by atoms with Crippen LogP contribution in [-0.4, -0.2) is 33.4 Å². The number of rotatable bonds is 4. The third-order valence-corrected chi connectivity index (χ3v) is 10.9. The molecule has 1 saturated heterocycles. The highest BCUT2D eigenvalue weighted by molar-refractivity contribution is 6.09. The number of nitrogens with zero attached hydrogens (tertiary/aromatic N) is 1. The second-order valence-corrected chi connectivity index (χ2v) is 13.7. The lowest BCUT2D eigenvalue weighted by molar-refractivity contribution is 0.122. The van der Waals surface area contributed by atoms with Gasteiger partial charge in [0.2, 0.25) is 0 Å². The molecule has 1 fully saturated rings. The monoisotopic (exact) mass is 617 g/mol. The van der Waals surface area contributed by atoms with Crippen molar-refractivity contribution in [1.29, 1.82) is 0 Å². The maximum Gasteiger partial charge on any atom is 0.178 e. The predicted molar refractivity (Wildman–Crippen MR) is 192 cm³/mol. The highest BCUT2D eigenvalue weighted by Crippen LogP contribution is 2.58. The largest absolute Gasteiger partial charge is 0.497 e. The standard InChI is InChI=1S/C43H39NO3/c1-42(2)38-11-7-6-10-35(38)39-34-19-18-33(45-3)27-37(34)41-36(40(39)42)20-21-43(47-41,31-13-12-28-8-4-5-9-29(28)26-31)30-14-16-32(17-15-30)44-22-24-46-25-23-44/h5-7,9-21,26-27H,4,8,22-25H2,1-3H3. The number of methoxy groups -OCH3 is 1. The molecule has 2 aliphatic carbocycles. The zero-order valence-corrected chi connectivity index (χ0v) is 27.3. The van der Waals surface area contributed by atoms with Crippen molar-refractivity contribution < 1.29 is 14.2 Å². The number of benzene rings is 5. The van der Waals surface area contributed by atoms with E-state index in [4.69, 9.17) is 14.2 Å². The number of aryl methyl sites for hydroxylation is 1. The van der Waals surface area contributed by atoms with Crippen LogP contribution in [0.5, 0.6) is 11.5 Å². The molecule has 0 saturated carbocycles. The number of ether oxygens (including phenoxy) is 3. The number of allylic oxidation sites excluding steroid dienone is 1. The van der Waals surface area contributed by atoms with Gasteiger partial charge in [0.25, 0.3) is 0 Å². The van der Waals surface area contributed by atoms with Crippen LogP contribution in [0.4, 0.5) is 5.69 Å². The minimum absolute atomic E-state index is 0.186. The summed E-state index contributed by atoms with van der Waals surface area (Å²) in [5.41, 5.74) is 11.5. The molecule has 4 nitrogen and oxygen atoms in total. The Morgan fingerprint density at radius 2 is 1.62 bits per heavy atom. The molecule has 0 aromatic heterocycles. The quantitative estimate of drug-likeness (QED) is 0.201. The van der Waals surface area contributed by atoms with Crippen molar-refractivity contribution >= 4 is 28.6 Å². The molecular weight excluding hydrogens is 578 g/mol. The summed E-state index contributed by atoms with van der Waals surface area (Å²) in [5, 5.41) is 2.26. The summed E-state index contributed by atoms with van der Waals surface area (Å²) in [6.45, 7) is 8.04. The normalized spacial score (nSPS) is 20.3. The molecule has 9 rings (SSSR count). The third kappa shape index (κ3) is 4.24. The first kappa shape index (κ1) is 28.4. The van der Waals surface area contributed by atoms with E-state index in [2.05, 4.69) is 128 Å². The van der Waals surface area contributed by atoms with Gasteiger partial charge in [0, 0.05) is 46.3 Å². The number of hydrogen-bond acceptors (Lipinski definition) is 4. The molecule has 0 bridgehead atoms. The van der Waals surface area contributed by atoms with Gasteiger partial charge < -0.3 is 19.1 Å². The summed E-state index contributed by atoms with van der Waals surface area (Å²) >= 11 is 0. The topological polar surface area (TPSA) is 30.9 Å². The highest BCUT2D eigenvalue weighted by atomic mass is 16.5. The lowest BCUT2D eigenvalue weighted by atomic mass is 9.76. The van der Waals surface area contributed by atoms with Crippen LogP contribution in [-0.2, 0) is 22.2 Å². The molecule has 1 unspecified atom stereocenters. The van der Waals surface area contributed by atoms with Crippen molar-refractivity contribution in [1.82, 2.24) is 0 Å². The lowest BCUT2D eigenvalue weighted by Gasteiger charge is -2.39. The maximum atomic E-state index is 7.60. The first-order valence-corrected chi connectivity index (χ1v) is 16.9. The van der Waals surface area contributed by atoms with Gasteiger partial charge in [0.15, 0.2) is 5.60 Å². The van der Waals surface area contributed by atoms with E-state index in [1.54, 1.807) is 7.11 Å². The van der Waals surface area contributed by atoms with E-state index >= 15 is 0 Å². The van der Waals surface area contributed by atoms with Crippen molar-refractivity contribution in [2.24, 2.45) is 0 Å². The summed E-state index contributed by atoms with van der Waals surface area (Å²) in [7, 11) is 1.74. The Labute approximate surface area is 276 Å².